The number of aromatic nitrogens is 2. The Bertz CT molecular complexity index is 1990. The molecule has 3 aliphatic rings. The number of likely N-dealkylation sites (tertiary alicyclic amines) is 2. The first kappa shape index (κ1) is 32.8. The number of pyridine rings is 2. The Morgan fingerprint density at radius 3 is 2.45 bits per heavy atom. The molecule has 16 heteroatoms. The van der Waals surface area contributed by atoms with Crippen LogP contribution in [0.5, 0.6) is 0 Å². The SMILES string of the molecule is Cc1cc(-c2ccc(S(=O)(=O)[C@@H]3C[C@@H](C(=O)NC4(C#N)CC4)N(C(=O)C4(c5ncc(Br)cc5F)CCN4C(=O)O)C3)c(Cl)c2)ccn1. The molecule has 3 amide bonds. The fourth-order valence-corrected chi connectivity index (χ4v) is 8.80. The van der Waals surface area contributed by atoms with Gasteiger partial charge in [-0.2, -0.15) is 5.26 Å². The maximum absolute atomic E-state index is 15.4. The fourth-order valence-electron chi connectivity index (χ4n) is 6.25. The van der Waals surface area contributed by atoms with Crippen LogP contribution >= 0.6 is 27.5 Å². The van der Waals surface area contributed by atoms with E-state index in [9.17, 15) is 33.2 Å². The van der Waals surface area contributed by atoms with Crippen LogP contribution in [0.1, 0.15) is 37.1 Å². The quantitative estimate of drug-likeness (QED) is 0.359. The minimum absolute atomic E-state index is 0.0715. The molecule has 47 heavy (non-hydrogen) atoms. The van der Waals surface area contributed by atoms with Crippen LogP contribution in [0.4, 0.5) is 9.18 Å². The highest BCUT2D eigenvalue weighted by atomic mass is 79.9. The number of rotatable bonds is 7. The third-order valence-electron chi connectivity index (χ3n) is 9.00. The summed E-state index contributed by atoms with van der Waals surface area (Å²) in [4.78, 5) is 50.2. The predicted octanol–water partition coefficient (Wildman–Crippen LogP) is 4.20. The van der Waals surface area contributed by atoms with E-state index in [1.54, 1.807) is 18.3 Å². The third kappa shape index (κ3) is 5.62. The van der Waals surface area contributed by atoms with Crippen LogP contribution in [0.15, 0.2) is 58.2 Å². The van der Waals surface area contributed by atoms with Crippen molar-refractivity contribution in [1.82, 2.24) is 25.1 Å². The zero-order valence-corrected chi connectivity index (χ0v) is 27.9. The summed E-state index contributed by atoms with van der Waals surface area (Å²) in [5.41, 5.74) is -1.59. The first-order chi connectivity index (χ1) is 22.2. The van der Waals surface area contributed by atoms with Gasteiger partial charge in [0.15, 0.2) is 15.4 Å². The maximum Gasteiger partial charge on any atom is 0.408 e. The number of hydrogen-bond donors (Lipinski definition) is 2. The number of carbonyl (C=O) groups is 3. The molecule has 1 saturated carbocycles. The summed E-state index contributed by atoms with van der Waals surface area (Å²) in [7, 11) is -4.29. The summed E-state index contributed by atoms with van der Waals surface area (Å²) in [6, 6.07) is 9.69. The van der Waals surface area contributed by atoms with E-state index in [-0.39, 0.29) is 33.8 Å². The van der Waals surface area contributed by atoms with Crippen LogP contribution in [0.3, 0.4) is 0 Å². The molecule has 4 heterocycles. The molecule has 12 nitrogen and oxygen atoms in total. The molecule has 3 fully saturated rings. The van der Waals surface area contributed by atoms with Gasteiger partial charge in [0.2, 0.25) is 5.91 Å². The molecule has 2 saturated heterocycles. The number of amides is 3. The maximum atomic E-state index is 15.4. The molecule has 2 aliphatic heterocycles. The molecule has 1 unspecified atom stereocenters. The van der Waals surface area contributed by atoms with Gasteiger partial charge in [-0.25, -0.2) is 17.6 Å². The second kappa shape index (κ2) is 11.8. The van der Waals surface area contributed by atoms with Gasteiger partial charge in [0.25, 0.3) is 5.91 Å². The molecule has 6 rings (SSSR count). The molecular weight excluding hydrogens is 719 g/mol. The first-order valence-corrected chi connectivity index (χ1v) is 17.3. The number of hydrogen-bond acceptors (Lipinski definition) is 8. The van der Waals surface area contributed by atoms with Gasteiger partial charge >= 0.3 is 6.09 Å². The smallest absolute Gasteiger partial charge is 0.408 e. The number of nitrogens with one attached hydrogen (secondary N) is 1. The molecule has 0 spiro atoms. The lowest BCUT2D eigenvalue weighted by molar-refractivity contribution is -0.156. The third-order valence-corrected chi connectivity index (χ3v) is 12.0. The number of carboxylic acid groups (broad SMARTS) is 1. The molecule has 3 atom stereocenters. The normalized spacial score (nSPS) is 23.0. The highest BCUT2D eigenvalue weighted by Crippen LogP contribution is 2.45. The van der Waals surface area contributed by atoms with Crippen molar-refractivity contribution in [3.05, 3.63) is 75.5 Å². The number of aryl methyl sites for hydroxylation is 1. The minimum atomic E-state index is -4.29. The molecule has 1 aromatic carbocycles. The number of sulfone groups is 1. The van der Waals surface area contributed by atoms with Crippen LogP contribution < -0.4 is 5.32 Å². The lowest BCUT2D eigenvalue weighted by atomic mass is 9.79. The van der Waals surface area contributed by atoms with Crippen molar-refractivity contribution in [3.8, 4) is 17.2 Å². The summed E-state index contributed by atoms with van der Waals surface area (Å²) in [5.74, 6) is -2.72. The second-order valence-electron chi connectivity index (χ2n) is 11.9. The van der Waals surface area contributed by atoms with Gasteiger partial charge in [-0.15, -0.1) is 0 Å². The minimum Gasteiger partial charge on any atom is -0.465 e. The molecule has 2 aromatic heterocycles. The van der Waals surface area contributed by atoms with E-state index in [4.69, 9.17) is 11.6 Å². The summed E-state index contributed by atoms with van der Waals surface area (Å²) in [6.07, 6.45) is 1.54. The van der Waals surface area contributed by atoms with Crippen molar-refractivity contribution >= 4 is 55.3 Å². The van der Waals surface area contributed by atoms with Crippen LogP contribution in [0.25, 0.3) is 11.1 Å². The van der Waals surface area contributed by atoms with Crippen LogP contribution in [0, 0.1) is 24.1 Å². The van der Waals surface area contributed by atoms with E-state index in [1.807, 2.05) is 19.1 Å². The molecular formula is C31H27BrClFN6O6S. The molecule has 244 valence electrons. The number of carbonyl (C=O) groups excluding carboxylic acids is 2. The monoisotopic (exact) mass is 744 g/mol. The van der Waals surface area contributed by atoms with E-state index in [1.165, 1.54) is 18.3 Å². The first-order valence-electron chi connectivity index (χ1n) is 14.6. The number of halogens is 3. The van der Waals surface area contributed by atoms with Gasteiger partial charge in [0, 0.05) is 42.1 Å². The van der Waals surface area contributed by atoms with Crippen LogP contribution in [-0.2, 0) is 25.0 Å². The zero-order chi connectivity index (χ0) is 33.9. The average Bonchev–Trinajstić information content (AvgIpc) is 3.61. The largest absolute Gasteiger partial charge is 0.465 e. The predicted molar refractivity (Wildman–Crippen MR) is 169 cm³/mol. The Balaban J connectivity index is 1.39. The molecule has 2 N–H and O–H groups in total. The highest BCUT2D eigenvalue weighted by molar-refractivity contribution is 9.10. The standard InChI is InChI=1S/C31H27BrClFN6O6S/c1-17-10-19(4-8-36-17)18-2-3-25(22(33)11-18)47(45,46)21-13-24(27(41)38-30(16-35)5-6-30)39(15-21)28(42)31(7-9-40(31)29(43)44)26-23(34)12-20(32)14-37-26/h2-4,8,10-12,14,21,24H,5-7,9,13,15H2,1H3,(H,38,41)(H,43,44)/t21-,24+,31?/m1/s1. The topological polar surface area (TPSA) is 174 Å². The zero-order valence-electron chi connectivity index (χ0n) is 24.8. The summed E-state index contributed by atoms with van der Waals surface area (Å²) >= 11 is 9.66. The Morgan fingerprint density at radius 2 is 1.87 bits per heavy atom. The molecule has 0 radical (unpaired) electrons. The summed E-state index contributed by atoms with van der Waals surface area (Å²) in [5, 5.41) is 20.8. The molecule has 1 aliphatic carbocycles. The van der Waals surface area contributed by atoms with Gasteiger partial charge in [-0.3, -0.25) is 24.5 Å². The second-order valence-corrected chi connectivity index (χ2v) is 15.4. The Hall–Kier alpha value is -4.13. The molecule has 0 bridgehead atoms. The van der Waals surface area contributed by atoms with E-state index < -0.39 is 68.2 Å². The lowest BCUT2D eigenvalue weighted by Crippen LogP contribution is -2.68. The number of nitriles is 1. The van der Waals surface area contributed by atoms with Gasteiger partial charge < -0.3 is 15.3 Å². The Labute approximate surface area is 282 Å². The Kier molecular flexibility index (Phi) is 8.26. The highest BCUT2D eigenvalue weighted by Gasteiger charge is 2.62. The van der Waals surface area contributed by atoms with Gasteiger partial charge in [-0.1, -0.05) is 17.7 Å². The van der Waals surface area contributed by atoms with Crippen molar-refractivity contribution in [2.24, 2.45) is 0 Å². The average molecular weight is 746 g/mol. The van der Waals surface area contributed by atoms with Gasteiger partial charge in [-0.05, 0) is 83.6 Å². The van der Waals surface area contributed by atoms with E-state index in [0.717, 1.165) is 27.1 Å². The van der Waals surface area contributed by atoms with Crippen molar-refractivity contribution < 1.29 is 32.3 Å². The lowest BCUT2D eigenvalue weighted by Gasteiger charge is -2.50. The summed E-state index contributed by atoms with van der Waals surface area (Å²) < 4.78 is 43.9. The van der Waals surface area contributed by atoms with Crippen molar-refractivity contribution in [2.75, 3.05) is 13.1 Å². The van der Waals surface area contributed by atoms with Crippen LogP contribution in [-0.4, -0.2) is 81.1 Å². The number of nitrogens with zero attached hydrogens (tertiary/aromatic N) is 5. The van der Waals surface area contributed by atoms with Gasteiger partial charge in [0.1, 0.15) is 23.1 Å². The van der Waals surface area contributed by atoms with Crippen LogP contribution in [0.2, 0.25) is 5.02 Å². The van der Waals surface area contributed by atoms with E-state index in [2.05, 4.69) is 31.2 Å². The Morgan fingerprint density at radius 1 is 1.15 bits per heavy atom. The summed E-state index contributed by atoms with van der Waals surface area (Å²) in [6.45, 7) is 1.17. The van der Waals surface area contributed by atoms with Gasteiger partial charge in [0.05, 0.1) is 21.2 Å². The van der Waals surface area contributed by atoms with Crippen molar-refractivity contribution in [1.29, 1.82) is 5.26 Å². The van der Waals surface area contributed by atoms with E-state index in [0.29, 0.717) is 18.4 Å². The molecule has 3 aromatic rings. The van der Waals surface area contributed by atoms with Crippen molar-refractivity contribution in [3.63, 3.8) is 0 Å². The van der Waals surface area contributed by atoms with Crippen molar-refractivity contribution in [2.45, 2.75) is 59.9 Å². The number of benzene rings is 1. The van der Waals surface area contributed by atoms with E-state index >= 15 is 4.39 Å². The fraction of sp³-hybridized carbons (Fsp3) is 0.355.